The van der Waals surface area contributed by atoms with Crippen molar-refractivity contribution in [1.82, 2.24) is 24.4 Å². The van der Waals surface area contributed by atoms with Gasteiger partial charge in [0.2, 0.25) is 0 Å². The third-order valence-electron chi connectivity index (χ3n) is 6.40. The summed E-state index contributed by atoms with van der Waals surface area (Å²) in [5.74, 6) is 0.699. The Bertz CT molecular complexity index is 1840. The van der Waals surface area contributed by atoms with Crippen LogP contribution in [0.4, 0.5) is 0 Å². The zero-order valence-corrected chi connectivity index (χ0v) is 18.0. The van der Waals surface area contributed by atoms with Crippen LogP contribution in [0.3, 0.4) is 0 Å². The van der Waals surface area contributed by atoms with Crippen LogP contribution in [-0.2, 0) is 0 Å². The lowest BCUT2D eigenvalue weighted by atomic mass is 9.99. The molecule has 0 aliphatic rings. The maximum absolute atomic E-state index is 4.96. The van der Waals surface area contributed by atoms with Crippen LogP contribution in [0.5, 0.6) is 0 Å². The van der Waals surface area contributed by atoms with E-state index in [1.54, 1.807) is 6.33 Å². The number of aromatic nitrogens is 5. The Hall–Kier alpha value is -4.51. The van der Waals surface area contributed by atoms with Gasteiger partial charge in [-0.15, -0.1) is 5.10 Å². The Morgan fingerprint density at radius 2 is 1.42 bits per heavy atom. The van der Waals surface area contributed by atoms with Crippen molar-refractivity contribution in [2.24, 2.45) is 0 Å². The van der Waals surface area contributed by atoms with Gasteiger partial charge in [0, 0.05) is 21.7 Å². The van der Waals surface area contributed by atoms with Crippen LogP contribution in [0, 0.1) is 6.92 Å². The first-order valence-corrected chi connectivity index (χ1v) is 11.0. The number of benzene rings is 4. The van der Waals surface area contributed by atoms with Crippen LogP contribution in [0.2, 0.25) is 0 Å². The molecular formula is C28H19N5. The number of fused-ring (bicyclic) bond motifs is 8. The van der Waals surface area contributed by atoms with Gasteiger partial charge in [0.05, 0.1) is 22.2 Å². The van der Waals surface area contributed by atoms with Crippen LogP contribution in [0.1, 0.15) is 5.56 Å². The second-order valence-corrected chi connectivity index (χ2v) is 8.32. The summed E-state index contributed by atoms with van der Waals surface area (Å²) in [5.41, 5.74) is 6.35. The van der Waals surface area contributed by atoms with Crippen molar-refractivity contribution in [3.63, 3.8) is 0 Å². The Kier molecular flexibility index (Phi) is 3.70. The minimum atomic E-state index is 0.699. The van der Waals surface area contributed by atoms with Gasteiger partial charge in [0.15, 0.2) is 5.82 Å². The van der Waals surface area contributed by atoms with Crippen molar-refractivity contribution < 1.29 is 0 Å². The van der Waals surface area contributed by atoms with Crippen molar-refractivity contribution >= 4 is 38.1 Å². The Morgan fingerprint density at radius 1 is 0.667 bits per heavy atom. The first-order chi connectivity index (χ1) is 16.3. The van der Waals surface area contributed by atoms with E-state index in [1.165, 1.54) is 10.8 Å². The summed E-state index contributed by atoms with van der Waals surface area (Å²) in [6, 6.07) is 31.3. The Labute approximate surface area is 189 Å². The third-order valence-corrected chi connectivity index (χ3v) is 6.40. The molecule has 156 valence electrons. The fraction of sp³-hybridized carbons (Fsp3) is 0.0357. The molecule has 0 N–H and O–H groups in total. The van der Waals surface area contributed by atoms with Crippen LogP contribution in [0.25, 0.3) is 55.2 Å². The van der Waals surface area contributed by atoms with Gasteiger partial charge in [-0.2, -0.15) is 5.10 Å². The molecule has 0 aliphatic carbocycles. The highest BCUT2D eigenvalue weighted by molar-refractivity contribution is 6.21. The molecule has 0 unspecified atom stereocenters. The van der Waals surface area contributed by atoms with Crippen LogP contribution < -0.4 is 0 Å². The maximum atomic E-state index is 4.96. The zero-order valence-electron chi connectivity index (χ0n) is 18.0. The van der Waals surface area contributed by atoms with Crippen molar-refractivity contribution in [1.29, 1.82) is 0 Å². The van der Waals surface area contributed by atoms with Gasteiger partial charge >= 0.3 is 0 Å². The smallest absolute Gasteiger partial charge is 0.182 e. The minimum absolute atomic E-state index is 0.699. The monoisotopic (exact) mass is 425 g/mol. The molecule has 5 heteroatoms. The third kappa shape index (κ3) is 2.56. The molecule has 0 saturated carbocycles. The van der Waals surface area contributed by atoms with Gasteiger partial charge in [-0.05, 0) is 36.1 Å². The van der Waals surface area contributed by atoms with E-state index in [1.807, 2.05) is 22.9 Å². The summed E-state index contributed by atoms with van der Waals surface area (Å²) in [6.45, 7) is 2.08. The fourth-order valence-corrected chi connectivity index (χ4v) is 4.88. The van der Waals surface area contributed by atoms with Crippen LogP contribution >= 0.6 is 0 Å². The normalized spacial score (nSPS) is 11.8. The lowest BCUT2D eigenvalue weighted by Gasteiger charge is -2.11. The molecule has 3 aromatic heterocycles. The van der Waals surface area contributed by atoms with E-state index in [4.69, 9.17) is 15.2 Å². The molecule has 7 aromatic rings. The van der Waals surface area contributed by atoms with Gasteiger partial charge in [0.25, 0.3) is 0 Å². The summed E-state index contributed by atoms with van der Waals surface area (Å²) in [4.78, 5) is 4.71. The van der Waals surface area contributed by atoms with E-state index in [-0.39, 0.29) is 0 Å². The lowest BCUT2D eigenvalue weighted by Crippen LogP contribution is -1.98. The highest BCUT2D eigenvalue weighted by Crippen LogP contribution is 2.37. The summed E-state index contributed by atoms with van der Waals surface area (Å²) in [5, 5.41) is 14.4. The molecule has 0 bridgehead atoms. The molecule has 5 nitrogen and oxygen atoms in total. The average Bonchev–Trinajstić information content (AvgIpc) is 3.50. The molecule has 0 aliphatic heterocycles. The minimum Gasteiger partial charge on any atom is -0.231 e. The number of pyridine rings is 1. The molecule has 4 aromatic carbocycles. The molecule has 33 heavy (non-hydrogen) atoms. The summed E-state index contributed by atoms with van der Waals surface area (Å²) < 4.78 is 3.93. The van der Waals surface area contributed by atoms with E-state index < -0.39 is 0 Å². The van der Waals surface area contributed by atoms with Crippen LogP contribution in [-0.4, -0.2) is 24.4 Å². The highest BCUT2D eigenvalue weighted by Gasteiger charge is 2.18. The van der Waals surface area contributed by atoms with Gasteiger partial charge in [-0.3, -0.25) is 0 Å². The molecule has 0 fully saturated rings. The SMILES string of the molecule is Cc1ccccc1-n1cnc(-c2cccc3c2c2ccccc2c2c4ccccc4nn32)n1. The molecular weight excluding hydrogens is 406 g/mol. The van der Waals surface area contributed by atoms with Crippen molar-refractivity contribution in [3.05, 3.63) is 103 Å². The van der Waals surface area contributed by atoms with Crippen molar-refractivity contribution in [2.75, 3.05) is 0 Å². The van der Waals surface area contributed by atoms with E-state index in [0.717, 1.165) is 44.1 Å². The number of nitrogens with zero attached hydrogens (tertiary/aromatic N) is 5. The second kappa shape index (κ2) is 6.74. The maximum Gasteiger partial charge on any atom is 0.182 e. The van der Waals surface area contributed by atoms with Gasteiger partial charge in [0.1, 0.15) is 6.33 Å². The van der Waals surface area contributed by atoms with Crippen molar-refractivity contribution in [3.8, 4) is 17.1 Å². The molecule has 0 radical (unpaired) electrons. The quantitative estimate of drug-likeness (QED) is 0.303. The first-order valence-electron chi connectivity index (χ1n) is 11.0. The highest BCUT2D eigenvalue weighted by atomic mass is 15.3. The number of rotatable bonds is 2. The number of hydrogen-bond donors (Lipinski definition) is 0. The molecule has 0 saturated heterocycles. The number of hydrogen-bond acceptors (Lipinski definition) is 3. The van der Waals surface area contributed by atoms with Gasteiger partial charge in [-0.25, -0.2) is 14.2 Å². The number of para-hydroxylation sites is 1. The standard InChI is InChI=1S/C28H19N5/c1-18-9-2-7-15-24(18)32-17-29-28(31-32)22-13-8-16-25-26(22)19-10-3-4-11-20(19)27-21-12-5-6-14-23(21)30-33(25)27/h2-17H,1H3. The molecule has 0 amide bonds. The second-order valence-electron chi connectivity index (χ2n) is 8.32. The van der Waals surface area contributed by atoms with E-state index >= 15 is 0 Å². The largest absolute Gasteiger partial charge is 0.231 e. The lowest BCUT2D eigenvalue weighted by molar-refractivity contribution is 0.874. The molecule has 3 heterocycles. The van der Waals surface area contributed by atoms with E-state index in [0.29, 0.717) is 5.82 Å². The molecule has 0 atom stereocenters. The summed E-state index contributed by atoms with van der Waals surface area (Å²) >= 11 is 0. The van der Waals surface area contributed by atoms with Crippen LogP contribution in [0.15, 0.2) is 97.3 Å². The molecule has 0 spiro atoms. The fourth-order valence-electron chi connectivity index (χ4n) is 4.88. The first kappa shape index (κ1) is 18.1. The number of aryl methyl sites for hydroxylation is 1. The van der Waals surface area contributed by atoms with Gasteiger partial charge in [-0.1, -0.05) is 72.8 Å². The summed E-state index contributed by atoms with van der Waals surface area (Å²) in [6.07, 6.45) is 1.79. The zero-order chi connectivity index (χ0) is 21.9. The predicted molar refractivity (Wildman–Crippen MR) is 133 cm³/mol. The van der Waals surface area contributed by atoms with Gasteiger partial charge < -0.3 is 0 Å². The topological polar surface area (TPSA) is 48.0 Å². The van der Waals surface area contributed by atoms with E-state index in [2.05, 4.69) is 84.2 Å². The summed E-state index contributed by atoms with van der Waals surface area (Å²) in [7, 11) is 0. The van der Waals surface area contributed by atoms with E-state index in [9.17, 15) is 0 Å². The molecule has 7 rings (SSSR count). The Balaban J connectivity index is 1.59. The van der Waals surface area contributed by atoms with Crippen molar-refractivity contribution in [2.45, 2.75) is 6.92 Å². The average molecular weight is 425 g/mol. The predicted octanol–water partition coefficient (Wildman–Crippen LogP) is 6.35. The Morgan fingerprint density at radius 3 is 2.30 bits per heavy atom.